The molecule has 1 fully saturated rings. The van der Waals surface area contributed by atoms with Crippen LogP contribution in [0.15, 0.2) is 61.4 Å². The smallest absolute Gasteiger partial charge is 0.255 e. The Labute approximate surface area is 219 Å². The van der Waals surface area contributed by atoms with Crippen LogP contribution in [-0.4, -0.2) is 36.7 Å². The summed E-state index contributed by atoms with van der Waals surface area (Å²) in [5.41, 5.74) is 2.91. The summed E-state index contributed by atoms with van der Waals surface area (Å²) in [6, 6.07) is 8.40. The van der Waals surface area contributed by atoms with Crippen LogP contribution in [0.3, 0.4) is 0 Å². The number of alkyl halides is 1. The van der Waals surface area contributed by atoms with Crippen LogP contribution in [0.1, 0.15) is 48.4 Å². The lowest BCUT2D eigenvalue weighted by atomic mass is 10.0. The number of carbonyl (C=O) groups excluding carboxylic acids is 2. The van der Waals surface area contributed by atoms with Crippen LogP contribution in [0.5, 0.6) is 0 Å². The normalized spacial score (nSPS) is 13.2. The Hall–Kier alpha value is -4.60. The van der Waals surface area contributed by atoms with Gasteiger partial charge in [0.15, 0.2) is 0 Å². The highest BCUT2D eigenvalue weighted by Crippen LogP contribution is 2.31. The number of rotatable bonds is 7. The van der Waals surface area contributed by atoms with E-state index in [0.29, 0.717) is 22.8 Å². The predicted octanol–water partition coefficient (Wildman–Crippen LogP) is 5.11. The van der Waals surface area contributed by atoms with Gasteiger partial charge in [-0.05, 0) is 57.9 Å². The van der Waals surface area contributed by atoms with E-state index in [0.717, 1.165) is 35.2 Å². The minimum atomic E-state index is -1.67. The summed E-state index contributed by atoms with van der Waals surface area (Å²) in [5, 5.41) is 5.66. The lowest BCUT2D eigenvalue weighted by molar-refractivity contribution is -0.117. The number of hydrogen-bond acceptors (Lipinski definition) is 7. The molecule has 0 spiro atoms. The average Bonchev–Trinajstić information content (AvgIpc) is 3.75. The van der Waals surface area contributed by atoms with Gasteiger partial charge in [-0.3, -0.25) is 24.5 Å². The third-order valence-corrected chi connectivity index (χ3v) is 6.19. The monoisotopic (exact) mass is 511 g/mol. The van der Waals surface area contributed by atoms with Gasteiger partial charge in [0.2, 0.25) is 5.91 Å². The molecule has 1 aliphatic carbocycles. The third kappa shape index (κ3) is 5.69. The van der Waals surface area contributed by atoms with Gasteiger partial charge < -0.3 is 10.6 Å². The maximum absolute atomic E-state index is 14.3. The number of aromatic nitrogens is 5. The molecule has 2 N–H and O–H groups in total. The van der Waals surface area contributed by atoms with E-state index in [4.69, 9.17) is 0 Å². The number of halogens is 1. The van der Waals surface area contributed by atoms with Crippen molar-refractivity contribution in [3.05, 3.63) is 78.4 Å². The minimum absolute atomic E-state index is 0.0292. The molecule has 5 rings (SSSR count). The van der Waals surface area contributed by atoms with Gasteiger partial charge in [-0.2, -0.15) is 0 Å². The topological polar surface area (TPSA) is 123 Å². The summed E-state index contributed by atoms with van der Waals surface area (Å²) in [5.74, 6) is 0.0784. The second-order valence-corrected chi connectivity index (χ2v) is 9.73. The van der Waals surface area contributed by atoms with Gasteiger partial charge in [-0.15, -0.1) is 0 Å². The first-order chi connectivity index (χ1) is 18.2. The van der Waals surface area contributed by atoms with Crippen LogP contribution < -0.4 is 10.6 Å². The third-order valence-electron chi connectivity index (χ3n) is 6.19. The summed E-state index contributed by atoms with van der Waals surface area (Å²) in [4.78, 5) is 46.3. The molecule has 10 heteroatoms. The van der Waals surface area contributed by atoms with Crippen molar-refractivity contribution in [1.29, 1.82) is 0 Å². The molecular weight excluding hydrogens is 485 g/mol. The van der Waals surface area contributed by atoms with Crippen LogP contribution in [-0.2, 0) is 10.5 Å². The van der Waals surface area contributed by atoms with Crippen molar-refractivity contribution in [3.63, 3.8) is 0 Å². The van der Waals surface area contributed by atoms with E-state index in [1.807, 2.05) is 19.1 Å². The first kappa shape index (κ1) is 25.1. The van der Waals surface area contributed by atoms with Crippen LogP contribution in [0.25, 0.3) is 22.4 Å². The maximum atomic E-state index is 14.3. The Morgan fingerprint density at radius 3 is 2.50 bits per heavy atom. The van der Waals surface area contributed by atoms with Gasteiger partial charge in [0.25, 0.3) is 5.91 Å². The van der Waals surface area contributed by atoms with Crippen molar-refractivity contribution in [2.75, 3.05) is 10.6 Å². The molecule has 1 saturated carbocycles. The van der Waals surface area contributed by atoms with E-state index in [1.165, 1.54) is 38.5 Å². The van der Waals surface area contributed by atoms with Crippen molar-refractivity contribution < 1.29 is 14.0 Å². The standard InChI is InChI=1S/C28H26FN7O2/c1-16-22(10-21(14-32-16)35-27(38)18-6-7-31-24(9-18)28(2,3)29)19-8-20(13-30-12-19)23-11-25(34-15-33-23)36-26(37)17-4-5-17/h6-15,17H,4-5H2,1-3H3,(H,35,38)(H,33,34,36,37). The number of amides is 2. The summed E-state index contributed by atoms with van der Waals surface area (Å²) < 4.78 is 14.3. The fourth-order valence-corrected chi connectivity index (χ4v) is 3.88. The zero-order valence-electron chi connectivity index (χ0n) is 21.2. The van der Waals surface area contributed by atoms with E-state index in [-0.39, 0.29) is 17.5 Å². The number of pyridine rings is 3. The molecule has 0 radical (unpaired) electrons. The molecule has 1 aliphatic rings. The first-order valence-electron chi connectivity index (χ1n) is 12.2. The molecule has 2 amide bonds. The Bertz CT molecular complexity index is 1530. The molecule has 4 heterocycles. The van der Waals surface area contributed by atoms with Crippen LogP contribution >= 0.6 is 0 Å². The molecule has 0 aromatic carbocycles. The quantitative estimate of drug-likeness (QED) is 0.353. The van der Waals surface area contributed by atoms with Crippen molar-refractivity contribution in [3.8, 4) is 22.4 Å². The molecule has 4 aromatic heterocycles. The highest BCUT2D eigenvalue weighted by atomic mass is 19.1. The Balaban J connectivity index is 1.38. The zero-order chi connectivity index (χ0) is 26.9. The summed E-state index contributed by atoms with van der Waals surface area (Å²) in [6.07, 6.45) is 9.58. The molecular formula is C28H26FN7O2. The summed E-state index contributed by atoms with van der Waals surface area (Å²) >= 11 is 0. The van der Waals surface area contributed by atoms with Crippen LogP contribution in [0.4, 0.5) is 15.9 Å². The molecule has 9 nitrogen and oxygen atoms in total. The number of anilines is 2. The molecule has 0 unspecified atom stereocenters. The van der Waals surface area contributed by atoms with Gasteiger partial charge in [0.1, 0.15) is 17.8 Å². The number of nitrogens with zero attached hydrogens (tertiary/aromatic N) is 5. The van der Waals surface area contributed by atoms with E-state index in [2.05, 4.69) is 35.6 Å². The zero-order valence-corrected chi connectivity index (χ0v) is 21.2. The van der Waals surface area contributed by atoms with E-state index < -0.39 is 11.6 Å². The summed E-state index contributed by atoms with van der Waals surface area (Å²) in [6.45, 7) is 4.64. The van der Waals surface area contributed by atoms with Crippen molar-refractivity contribution in [2.45, 2.75) is 39.3 Å². The Morgan fingerprint density at radius 1 is 0.947 bits per heavy atom. The maximum Gasteiger partial charge on any atom is 0.255 e. The highest BCUT2D eigenvalue weighted by molar-refractivity contribution is 6.04. The van der Waals surface area contributed by atoms with E-state index in [1.54, 1.807) is 24.7 Å². The molecule has 192 valence electrons. The molecule has 4 aromatic rings. The number of aryl methyl sites for hydroxylation is 1. The molecule has 0 aliphatic heterocycles. The van der Waals surface area contributed by atoms with Crippen LogP contribution in [0.2, 0.25) is 0 Å². The van der Waals surface area contributed by atoms with E-state index >= 15 is 0 Å². The van der Waals surface area contributed by atoms with Gasteiger partial charge in [-0.25, -0.2) is 14.4 Å². The second kappa shape index (κ2) is 10.0. The minimum Gasteiger partial charge on any atom is -0.321 e. The van der Waals surface area contributed by atoms with Crippen molar-refractivity contribution >= 4 is 23.3 Å². The second-order valence-electron chi connectivity index (χ2n) is 9.73. The lowest BCUT2D eigenvalue weighted by Crippen LogP contribution is -2.16. The van der Waals surface area contributed by atoms with Gasteiger partial charge in [0, 0.05) is 58.5 Å². The number of hydrogen-bond donors (Lipinski definition) is 2. The number of carbonyl (C=O) groups is 2. The fraction of sp³-hybridized carbons (Fsp3) is 0.250. The molecule has 38 heavy (non-hydrogen) atoms. The van der Waals surface area contributed by atoms with Crippen LogP contribution in [0, 0.1) is 12.8 Å². The van der Waals surface area contributed by atoms with Crippen molar-refractivity contribution in [1.82, 2.24) is 24.9 Å². The van der Waals surface area contributed by atoms with E-state index in [9.17, 15) is 14.0 Å². The van der Waals surface area contributed by atoms with Gasteiger partial charge in [-0.1, -0.05) is 0 Å². The largest absolute Gasteiger partial charge is 0.321 e. The van der Waals surface area contributed by atoms with Gasteiger partial charge in [0.05, 0.1) is 23.3 Å². The first-order valence-corrected chi connectivity index (χ1v) is 12.2. The fourth-order valence-electron chi connectivity index (χ4n) is 3.88. The predicted molar refractivity (Wildman–Crippen MR) is 141 cm³/mol. The lowest BCUT2D eigenvalue weighted by Gasteiger charge is -2.14. The van der Waals surface area contributed by atoms with Crippen molar-refractivity contribution in [2.24, 2.45) is 5.92 Å². The van der Waals surface area contributed by atoms with Gasteiger partial charge >= 0.3 is 0 Å². The average molecular weight is 512 g/mol. The molecule has 0 bridgehead atoms. The number of nitrogens with one attached hydrogen (secondary N) is 2. The summed E-state index contributed by atoms with van der Waals surface area (Å²) in [7, 11) is 0. The Morgan fingerprint density at radius 2 is 1.74 bits per heavy atom. The highest BCUT2D eigenvalue weighted by Gasteiger charge is 2.29. The Kier molecular flexibility index (Phi) is 6.62. The molecule has 0 atom stereocenters. The SMILES string of the molecule is Cc1ncc(NC(=O)c2ccnc(C(C)(C)F)c2)cc1-c1cncc(-c2cc(NC(=O)C3CC3)ncn2)c1. The molecule has 0 saturated heterocycles.